The van der Waals surface area contributed by atoms with Gasteiger partial charge in [-0.25, -0.2) is 0 Å². The number of rotatable bonds is 3. The van der Waals surface area contributed by atoms with E-state index in [1.165, 1.54) is 25.8 Å². The number of fused-ring (bicyclic) bond motifs is 1. The number of aliphatic hydroxyl groups is 1. The lowest BCUT2D eigenvalue weighted by Crippen LogP contribution is -2.45. The van der Waals surface area contributed by atoms with E-state index in [-0.39, 0.29) is 0 Å². The molecule has 3 heterocycles. The lowest BCUT2D eigenvalue weighted by atomic mass is 9.97. The van der Waals surface area contributed by atoms with Crippen molar-refractivity contribution >= 4 is 0 Å². The van der Waals surface area contributed by atoms with Crippen molar-refractivity contribution in [2.24, 2.45) is 0 Å². The molecule has 112 valence electrons. The minimum atomic E-state index is -0.419. The second kappa shape index (κ2) is 5.82. The van der Waals surface area contributed by atoms with Gasteiger partial charge in [-0.2, -0.15) is 0 Å². The Morgan fingerprint density at radius 1 is 1.15 bits per heavy atom. The summed E-state index contributed by atoms with van der Waals surface area (Å²) in [5, 5.41) is 18.6. The van der Waals surface area contributed by atoms with Gasteiger partial charge in [-0.1, -0.05) is 6.42 Å². The van der Waals surface area contributed by atoms with Crippen LogP contribution in [0.3, 0.4) is 0 Å². The fourth-order valence-electron chi connectivity index (χ4n) is 3.69. The first-order valence-electron chi connectivity index (χ1n) is 8.02. The largest absolute Gasteiger partial charge is 0.385 e. The van der Waals surface area contributed by atoms with Crippen molar-refractivity contribution in [3.05, 3.63) is 11.6 Å². The Kier molecular flexibility index (Phi) is 4.08. The molecule has 1 aromatic heterocycles. The average Bonchev–Trinajstić information content (AvgIpc) is 2.84. The highest BCUT2D eigenvalue weighted by molar-refractivity contribution is 5.04. The third-order valence-corrected chi connectivity index (χ3v) is 4.77. The molecule has 1 fully saturated rings. The van der Waals surface area contributed by atoms with E-state index in [9.17, 15) is 5.11 Å². The Morgan fingerprint density at radius 2 is 2.00 bits per heavy atom. The van der Waals surface area contributed by atoms with E-state index in [0.29, 0.717) is 12.1 Å². The topological polar surface area (TPSA) is 54.2 Å². The molecule has 0 bridgehead atoms. The van der Waals surface area contributed by atoms with E-state index in [4.69, 9.17) is 0 Å². The van der Waals surface area contributed by atoms with Crippen molar-refractivity contribution in [1.29, 1.82) is 0 Å². The molecule has 3 rings (SSSR count). The molecule has 0 saturated carbocycles. The van der Waals surface area contributed by atoms with Gasteiger partial charge in [0.1, 0.15) is 11.9 Å². The number of piperidine rings is 1. The standard InChI is InChI=1S/C15H26N4O/c1-11(2)18-8-4-3-6-12(18)10-14-16-17-15-13(20)7-5-9-19(14)15/h11-13,20H,3-10H2,1-2H3. The van der Waals surface area contributed by atoms with Crippen molar-refractivity contribution in [2.45, 2.75) is 77.1 Å². The van der Waals surface area contributed by atoms with Crippen LogP contribution >= 0.6 is 0 Å². The molecule has 2 aliphatic rings. The van der Waals surface area contributed by atoms with Crippen molar-refractivity contribution in [3.8, 4) is 0 Å². The Morgan fingerprint density at radius 3 is 2.80 bits per heavy atom. The highest BCUT2D eigenvalue weighted by Gasteiger charge is 2.29. The smallest absolute Gasteiger partial charge is 0.161 e. The van der Waals surface area contributed by atoms with Gasteiger partial charge < -0.3 is 9.67 Å². The van der Waals surface area contributed by atoms with E-state index in [2.05, 4.69) is 33.5 Å². The second-order valence-electron chi connectivity index (χ2n) is 6.47. The summed E-state index contributed by atoms with van der Waals surface area (Å²) in [6.45, 7) is 6.72. The Balaban J connectivity index is 1.77. The molecule has 0 radical (unpaired) electrons. The zero-order chi connectivity index (χ0) is 14.1. The summed E-state index contributed by atoms with van der Waals surface area (Å²) < 4.78 is 2.15. The third kappa shape index (κ3) is 2.61. The summed E-state index contributed by atoms with van der Waals surface area (Å²) in [6.07, 6.45) is 6.28. The Labute approximate surface area is 121 Å². The molecule has 5 nitrogen and oxygen atoms in total. The van der Waals surface area contributed by atoms with Gasteiger partial charge in [0, 0.05) is 25.0 Å². The van der Waals surface area contributed by atoms with Crippen molar-refractivity contribution in [1.82, 2.24) is 19.7 Å². The van der Waals surface area contributed by atoms with Gasteiger partial charge in [0.05, 0.1) is 0 Å². The van der Waals surface area contributed by atoms with Gasteiger partial charge >= 0.3 is 0 Å². The molecular weight excluding hydrogens is 252 g/mol. The van der Waals surface area contributed by atoms with Gasteiger partial charge in [0.2, 0.25) is 0 Å². The first-order valence-corrected chi connectivity index (χ1v) is 8.02. The summed E-state index contributed by atoms with van der Waals surface area (Å²) in [7, 11) is 0. The molecule has 1 saturated heterocycles. The van der Waals surface area contributed by atoms with Crippen LogP contribution in [0, 0.1) is 0 Å². The zero-order valence-electron chi connectivity index (χ0n) is 12.6. The summed E-state index contributed by atoms with van der Waals surface area (Å²) in [5.41, 5.74) is 0. The van der Waals surface area contributed by atoms with Crippen molar-refractivity contribution in [3.63, 3.8) is 0 Å². The van der Waals surface area contributed by atoms with Crippen LogP contribution < -0.4 is 0 Å². The van der Waals surface area contributed by atoms with Crippen LogP contribution in [0.1, 0.15) is 63.7 Å². The molecular formula is C15H26N4O. The lowest BCUT2D eigenvalue weighted by molar-refractivity contribution is 0.107. The van der Waals surface area contributed by atoms with E-state index < -0.39 is 6.10 Å². The predicted molar refractivity (Wildman–Crippen MR) is 77.4 cm³/mol. The van der Waals surface area contributed by atoms with Crippen LogP contribution in [0.5, 0.6) is 0 Å². The SMILES string of the molecule is CC(C)N1CCCCC1Cc1nnc2n1CCCC2O. The molecule has 1 N–H and O–H groups in total. The van der Waals surface area contributed by atoms with Crippen LogP contribution in [-0.4, -0.2) is 43.4 Å². The third-order valence-electron chi connectivity index (χ3n) is 4.77. The molecule has 0 aliphatic carbocycles. The quantitative estimate of drug-likeness (QED) is 0.917. The number of aromatic nitrogens is 3. The summed E-state index contributed by atoms with van der Waals surface area (Å²) in [5.74, 6) is 1.84. The predicted octanol–water partition coefficient (Wildman–Crippen LogP) is 1.91. The van der Waals surface area contributed by atoms with Crippen LogP contribution in [0.2, 0.25) is 0 Å². The van der Waals surface area contributed by atoms with Gasteiger partial charge in [-0.05, 0) is 46.1 Å². The molecule has 2 unspecified atom stereocenters. The number of nitrogens with zero attached hydrogens (tertiary/aromatic N) is 4. The fraction of sp³-hybridized carbons (Fsp3) is 0.867. The maximum Gasteiger partial charge on any atom is 0.161 e. The van der Waals surface area contributed by atoms with Crippen LogP contribution in [0.25, 0.3) is 0 Å². The lowest BCUT2D eigenvalue weighted by Gasteiger charge is -2.38. The molecule has 0 aromatic carbocycles. The molecule has 20 heavy (non-hydrogen) atoms. The van der Waals surface area contributed by atoms with Crippen LogP contribution in [0.15, 0.2) is 0 Å². The normalized spacial score (nSPS) is 27.8. The average molecular weight is 278 g/mol. The van der Waals surface area contributed by atoms with Gasteiger partial charge in [-0.15, -0.1) is 10.2 Å². The fourth-order valence-corrected chi connectivity index (χ4v) is 3.69. The molecule has 1 aromatic rings. The number of aliphatic hydroxyl groups excluding tert-OH is 1. The Hall–Kier alpha value is -0.940. The summed E-state index contributed by atoms with van der Waals surface area (Å²) in [4.78, 5) is 2.60. The number of hydrogen-bond donors (Lipinski definition) is 1. The highest BCUT2D eigenvalue weighted by Crippen LogP contribution is 2.27. The van der Waals surface area contributed by atoms with Gasteiger partial charge in [0.15, 0.2) is 5.82 Å². The summed E-state index contributed by atoms with van der Waals surface area (Å²) in [6, 6.07) is 1.17. The minimum absolute atomic E-state index is 0.419. The van der Waals surface area contributed by atoms with E-state index in [1.807, 2.05) is 0 Å². The maximum absolute atomic E-state index is 9.99. The molecule has 5 heteroatoms. The monoisotopic (exact) mass is 278 g/mol. The molecule has 2 aliphatic heterocycles. The van der Waals surface area contributed by atoms with Crippen molar-refractivity contribution < 1.29 is 5.11 Å². The molecule has 0 amide bonds. The van der Waals surface area contributed by atoms with Crippen LogP contribution in [-0.2, 0) is 13.0 Å². The summed E-state index contributed by atoms with van der Waals surface area (Å²) >= 11 is 0. The van der Waals surface area contributed by atoms with Gasteiger partial charge in [-0.3, -0.25) is 4.90 Å². The highest BCUT2D eigenvalue weighted by atomic mass is 16.3. The van der Waals surface area contributed by atoms with Crippen molar-refractivity contribution in [2.75, 3.05) is 6.54 Å². The van der Waals surface area contributed by atoms with E-state index in [1.54, 1.807) is 0 Å². The number of likely N-dealkylation sites (tertiary alicyclic amines) is 1. The first-order chi connectivity index (χ1) is 9.66. The van der Waals surface area contributed by atoms with Gasteiger partial charge in [0.25, 0.3) is 0 Å². The van der Waals surface area contributed by atoms with E-state index >= 15 is 0 Å². The van der Waals surface area contributed by atoms with Crippen LogP contribution in [0.4, 0.5) is 0 Å². The Bertz CT molecular complexity index is 457. The minimum Gasteiger partial charge on any atom is -0.385 e. The molecule has 2 atom stereocenters. The van der Waals surface area contributed by atoms with E-state index in [0.717, 1.165) is 37.5 Å². The zero-order valence-corrected chi connectivity index (χ0v) is 12.6. The second-order valence-corrected chi connectivity index (χ2v) is 6.47. The first kappa shape index (κ1) is 14.0. The maximum atomic E-state index is 9.99. The number of hydrogen-bond acceptors (Lipinski definition) is 4. The molecule has 0 spiro atoms.